The van der Waals surface area contributed by atoms with E-state index in [1.165, 1.54) is 6.07 Å². The Balaban J connectivity index is 2.19. The molecule has 0 N–H and O–H groups in total. The highest BCUT2D eigenvalue weighted by atomic mass is 16.6. The minimum absolute atomic E-state index is 0.118. The summed E-state index contributed by atoms with van der Waals surface area (Å²) >= 11 is 0. The fraction of sp³-hybridized carbons (Fsp3) is 0.400. The highest BCUT2D eigenvalue weighted by Crippen LogP contribution is 2.29. The number of hydrogen-bond donors (Lipinski definition) is 0. The van der Waals surface area contributed by atoms with Gasteiger partial charge in [0.05, 0.1) is 0 Å². The van der Waals surface area contributed by atoms with Gasteiger partial charge < -0.3 is 14.9 Å². The number of pyridine rings is 1. The van der Waals surface area contributed by atoms with Crippen LogP contribution in [-0.2, 0) is 4.79 Å². The lowest BCUT2D eigenvalue weighted by Gasteiger charge is -2.24. The number of Topliss-reactive ketones (excluding diaryl/α,β-unsaturated/α-hetero) is 1. The molecule has 0 spiro atoms. The molecule has 1 aliphatic carbocycles. The zero-order chi connectivity index (χ0) is 11.7. The Labute approximate surface area is 91.4 Å². The SMILES string of the molecule is Cc1ccc(OC2CC(=O)C2)c([N+](=O)[O-])n1. The molecule has 0 aliphatic heterocycles. The molecular formula is C10H10N2O4. The summed E-state index contributed by atoms with van der Waals surface area (Å²) in [5, 5.41) is 10.7. The lowest BCUT2D eigenvalue weighted by atomic mass is 9.94. The van der Waals surface area contributed by atoms with Gasteiger partial charge in [-0.15, -0.1) is 0 Å². The van der Waals surface area contributed by atoms with Gasteiger partial charge in [0.25, 0.3) is 0 Å². The molecule has 1 heterocycles. The Morgan fingerprint density at radius 3 is 2.75 bits per heavy atom. The molecule has 0 unspecified atom stereocenters. The number of nitro groups is 1. The summed E-state index contributed by atoms with van der Waals surface area (Å²) in [6.07, 6.45) is 0.409. The van der Waals surface area contributed by atoms with Crippen molar-refractivity contribution < 1.29 is 14.5 Å². The van der Waals surface area contributed by atoms with Gasteiger partial charge in [-0.2, -0.15) is 0 Å². The minimum Gasteiger partial charge on any atom is -0.481 e. The van der Waals surface area contributed by atoms with Gasteiger partial charge >= 0.3 is 5.82 Å². The van der Waals surface area contributed by atoms with Crippen LogP contribution in [0.3, 0.4) is 0 Å². The Kier molecular flexibility index (Phi) is 2.55. The van der Waals surface area contributed by atoms with Crippen molar-refractivity contribution in [2.24, 2.45) is 0 Å². The third kappa shape index (κ3) is 2.00. The van der Waals surface area contributed by atoms with Crippen LogP contribution >= 0.6 is 0 Å². The van der Waals surface area contributed by atoms with Crippen molar-refractivity contribution in [2.75, 3.05) is 0 Å². The Hall–Kier alpha value is -1.98. The molecule has 1 saturated carbocycles. The highest BCUT2D eigenvalue weighted by molar-refractivity contribution is 5.85. The molecule has 0 atom stereocenters. The van der Waals surface area contributed by atoms with Gasteiger partial charge in [-0.25, -0.2) is 0 Å². The lowest BCUT2D eigenvalue weighted by molar-refractivity contribution is -0.390. The first-order valence-corrected chi connectivity index (χ1v) is 4.86. The normalized spacial score (nSPS) is 15.7. The number of hydrogen-bond acceptors (Lipinski definition) is 5. The van der Waals surface area contributed by atoms with Crippen molar-refractivity contribution >= 4 is 11.6 Å². The van der Waals surface area contributed by atoms with Gasteiger partial charge in [-0.3, -0.25) is 4.79 Å². The summed E-state index contributed by atoms with van der Waals surface area (Å²) < 4.78 is 5.34. The molecule has 1 fully saturated rings. The Morgan fingerprint density at radius 2 is 2.19 bits per heavy atom. The lowest BCUT2D eigenvalue weighted by Crippen LogP contribution is -2.33. The Morgan fingerprint density at radius 1 is 1.50 bits per heavy atom. The van der Waals surface area contributed by atoms with E-state index in [-0.39, 0.29) is 23.5 Å². The third-order valence-electron chi connectivity index (χ3n) is 2.36. The standard InChI is InChI=1S/C10H10N2O4/c1-6-2-3-9(10(11-6)12(14)15)16-8-4-7(13)5-8/h2-3,8H,4-5H2,1H3. The molecule has 0 bridgehead atoms. The van der Waals surface area contributed by atoms with Crippen molar-refractivity contribution in [2.45, 2.75) is 25.9 Å². The van der Waals surface area contributed by atoms with Crippen LogP contribution in [0.4, 0.5) is 5.82 Å². The average Bonchev–Trinajstić information content (AvgIpc) is 2.17. The van der Waals surface area contributed by atoms with Gasteiger partial charge in [-0.05, 0) is 22.0 Å². The van der Waals surface area contributed by atoms with Gasteiger partial charge in [-0.1, -0.05) is 0 Å². The molecule has 0 aromatic carbocycles. The maximum atomic E-state index is 10.7. The third-order valence-corrected chi connectivity index (χ3v) is 2.36. The first kappa shape index (κ1) is 10.5. The molecule has 2 rings (SSSR count). The molecule has 16 heavy (non-hydrogen) atoms. The summed E-state index contributed by atoms with van der Waals surface area (Å²) in [4.78, 5) is 24.7. The topological polar surface area (TPSA) is 82.3 Å². The number of ketones is 1. The van der Waals surface area contributed by atoms with Crippen LogP contribution in [0.2, 0.25) is 0 Å². The number of aromatic nitrogens is 1. The number of carbonyl (C=O) groups is 1. The summed E-state index contributed by atoms with van der Waals surface area (Å²) in [6, 6.07) is 3.16. The van der Waals surface area contributed by atoms with Gasteiger partial charge in [0.2, 0.25) is 5.75 Å². The number of aryl methyl sites for hydroxylation is 1. The zero-order valence-electron chi connectivity index (χ0n) is 8.67. The summed E-state index contributed by atoms with van der Waals surface area (Å²) in [6.45, 7) is 1.67. The van der Waals surface area contributed by atoms with E-state index in [1.54, 1.807) is 13.0 Å². The van der Waals surface area contributed by atoms with E-state index in [1.807, 2.05) is 0 Å². The number of ether oxygens (including phenoxy) is 1. The largest absolute Gasteiger partial charge is 0.481 e. The van der Waals surface area contributed by atoms with Crippen molar-refractivity contribution in [3.05, 3.63) is 27.9 Å². The maximum absolute atomic E-state index is 10.7. The van der Waals surface area contributed by atoms with E-state index in [4.69, 9.17) is 4.74 Å². The Bertz CT molecular complexity index is 450. The van der Waals surface area contributed by atoms with E-state index in [0.29, 0.717) is 18.5 Å². The summed E-state index contributed by atoms with van der Waals surface area (Å²) in [5.41, 5.74) is 0.559. The van der Waals surface area contributed by atoms with Gasteiger partial charge in [0.1, 0.15) is 17.6 Å². The van der Waals surface area contributed by atoms with E-state index in [2.05, 4.69) is 4.98 Å². The fourth-order valence-corrected chi connectivity index (χ4v) is 1.46. The van der Waals surface area contributed by atoms with Crippen LogP contribution < -0.4 is 4.74 Å². The molecule has 6 nitrogen and oxygen atoms in total. The predicted octanol–water partition coefficient (Wildman–Crippen LogP) is 1.41. The zero-order valence-corrected chi connectivity index (χ0v) is 8.67. The number of carbonyl (C=O) groups excluding carboxylic acids is 1. The molecular weight excluding hydrogens is 212 g/mol. The summed E-state index contributed by atoms with van der Waals surface area (Å²) in [7, 11) is 0. The van der Waals surface area contributed by atoms with Crippen LogP contribution in [0.5, 0.6) is 5.75 Å². The van der Waals surface area contributed by atoms with Crippen LogP contribution in [-0.4, -0.2) is 21.8 Å². The first-order chi connectivity index (χ1) is 7.56. The van der Waals surface area contributed by atoms with Crippen molar-refractivity contribution in [1.82, 2.24) is 4.98 Å². The molecule has 1 aromatic rings. The predicted molar refractivity (Wildman–Crippen MR) is 54.3 cm³/mol. The molecule has 0 amide bonds. The molecule has 6 heteroatoms. The molecule has 1 aromatic heterocycles. The monoisotopic (exact) mass is 222 g/mol. The quantitative estimate of drug-likeness (QED) is 0.570. The van der Waals surface area contributed by atoms with Crippen molar-refractivity contribution in [3.8, 4) is 5.75 Å². The minimum atomic E-state index is -0.581. The van der Waals surface area contributed by atoms with Crippen molar-refractivity contribution in [1.29, 1.82) is 0 Å². The summed E-state index contributed by atoms with van der Waals surface area (Å²) in [5.74, 6) is -0.0415. The van der Waals surface area contributed by atoms with Crippen LogP contribution in [0.25, 0.3) is 0 Å². The first-order valence-electron chi connectivity index (χ1n) is 4.86. The van der Waals surface area contributed by atoms with Crippen LogP contribution in [0.15, 0.2) is 12.1 Å². The average molecular weight is 222 g/mol. The van der Waals surface area contributed by atoms with E-state index in [9.17, 15) is 14.9 Å². The second kappa shape index (κ2) is 3.88. The highest BCUT2D eigenvalue weighted by Gasteiger charge is 2.30. The number of rotatable bonds is 3. The smallest absolute Gasteiger partial charge is 0.406 e. The van der Waals surface area contributed by atoms with Gasteiger partial charge in [0.15, 0.2) is 0 Å². The fourth-order valence-electron chi connectivity index (χ4n) is 1.46. The molecule has 84 valence electrons. The molecule has 0 saturated heterocycles. The van der Waals surface area contributed by atoms with Gasteiger partial charge in [0, 0.05) is 19.8 Å². The van der Waals surface area contributed by atoms with Crippen molar-refractivity contribution in [3.63, 3.8) is 0 Å². The second-order valence-electron chi connectivity index (χ2n) is 3.72. The second-order valence-corrected chi connectivity index (χ2v) is 3.72. The van der Waals surface area contributed by atoms with E-state index < -0.39 is 4.92 Å². The van der Waals surface area contributed by atoms with Crippen LogP contribution in [0.1, 0.15) is 18.5 Å². The van der Waals surface area contributed by atoms with E-state index in [0.717, 1.165) is 0 Å². The maximum Gasteiger partial charge on any atom is 0.406 e. The number of nitrogens with zero attached hydrogens (tertiary/aromatic N) is 2. The molecule has 0 radical (unpaired) electrons. The van der Waals surface area contributed by atoms with E-state index >= 15 is 0 Å². The molecule has 1 aliphatic rings. The van der Waals surface area contributed by atoms with Crippen LogP contribution in [0, 0.1) is 17.0 Å².